The molecular formula is C32H42IrNO2-. The molecular weight excluding hydrogens is 623 g/mol. The average molecular weight is 665 g/mol. The summed E-state index contributed by atoms with van der Waals surface area (Å²) in [6.07, 6.45) is 7.71. The van der Waals surface area contributed by atoms with Gasteiger partial charge in [-0.25, -0.2) is 0 Å². The maximum Gasteiger partial charge on any atom is 0.0651 e. The number of aliphatic hydroxyl groups is 2. The van der Waals surface area contributed by atoms with Crippen LogP contribution in [0.2, 0.25) is 0 Å². The van der Waals surface area contributed by atoms with Gasteiger partial charge in [-0.2, -0.15) is 0 Å². The first-order chi connectivity index (χ1) is 16.9. The van der Waals surface area contributed by atoms with E-state index in [1.807, 2.05) is 30.5 Å². The summed E-state index contributed by atoms with van der Waals surface area (Å²) in [7, 11) is 0. The van der Waals surface area contributed by atoms with Gasteiger partial charge in [-0.3, -0.25) is 0 Å². The van der Waals surface area contributed by atoms with Crippen molar-refractivity contribution in [2.75, 3.05) is 0 Å². The van der Waals surface area contributed by atoms with Crippen molar-refractivity contribution in [2.45, 2.75) is 85.4 Å². The van der Waals surface area contributed by atoms with Gasteiger partial charge in [-0.1, -0.05) is 52.0 Å². The number of rotatable bonds is 5. The summed E-state index contributed by atoms with van der Waals surface area (Å²) in [6.45, 7) is 10.8. The Labute approximate surface area is 231 Å². The van der Waals surface area contributed by atoms with Crippen LogP contribution >= 0.6 is 0 Å². The third kappa shape index (κ3) is 4.95. The zero-order valence-electron chi connectivity index (χ0n) is 22.4. The summed E-state index contributed by atoms with van der Waals surface area (Å²) >= 11 is 0. The number of hydrogen-bond acceptors (Lipinski definition) is 3. The SMILES string of the molecule is CCC1(CC)CC2CC(CC)(CC)C(O)C2C1O.Cc1cnc(-c2[c-]cccc2)c2ccccc12.[Ir]. The van der Waals surface area contributed by atoms with E-state index in [1.54, 1.807) is 0 Å². The van der Waals surface area contributed by atoms with Crippen molar-refractivity contribution < 1.29 is 30.3 Å². The Morgan fingerprint density at radius 3 is 1.83 bits per heavy atom. The van der Waals surface area contributed by atoms with Crippen molar-refractivity contribution in [3.63, 3.8) is 0 Å². The van der Waals surface area contributed by atoms with Crippen LogP contribution < -0.4 is 0 Å². The fourth-order valence-electron chi connectivity index (χ4n) is 7.14. The van der Waals surface area contributed by atoms with Crippen LogP contribution in [0.4, 0.5) is 0 Å². The first-order valence-corrected chi connectivity index (χ1v) is 13.5. The number of aryl methyl sites for hydroxylation is 1. The van der Waals surface area contributed by atoms with Gasteiger partial charge < -0.3 is 15.2 Å². The van der Waals surface area contributed by atoms with E-state index >= 15 is 0 Å². The van der Waals surface area contributed by atoms with Crippen molar-refractivity contribution in [3.05, 3.63) is 66.4 Å². The van der Waals surface area contributed by atoms with Crippen LogP contribution in [0.25, 0.3) is 22.0 Å². The van der Waals surface area contributed by atoms with E-state index in [1.165, 1.54) is 16.3 Å². The molecule has 2 fully saturated rings. The topological polar surface area (TPSA) is 53.4 Å². The Morgan fingerprint density at radius 1 is 0.833 bits per heavy atom. The third-order valence-electron chi connectivity index (χ3n) is 9.64. The Hall–Kier alpha value is -1.58. The molecule has 197 valence electrons. The molecule has 2 atom stereocenters. The van der Waals surface area contributed by atoms with E-state index in [9.17, 15) is 10.2 Å². The van der Waals surface area contributed by atoms with E-state index in [0.29, 0.717) is 5.92 Å². The molecule has 0 aliphatic heterocycles. The largest absolute Gasteiger partial charge is 0.392 e. The minimum atomic E-state index is -0.299. The van der Waals surface area contributed by atoms with Gasteiger partial charge in [0.25, 0.3) is 0 Å². The summed E-state index contributed by atoms with van der Waals surface area (Å²) < 4.78 is 0. The molecule has 2 aliphatic rings. The number of fused-ring (bicyclic) bond motifs is 2. The molecule has 2 saturated carbocycles. The molecule has 2 unspecified atom stereocenters. The molecule has 0 saturated heterocycles. The summed E-state index contributed by atoms with van der Waals surface area (Å²) in [5.74, 6) is 0.666. The van der Waals surface area contributed by atoms with Crippen LogP contribution in [-0.2, 0) is 20.1 Å². The number of nitrogens with zero attached hydrogens (tertiary/aromatic N) is 1. The monoisotopic (exact) mass is 665 g/mol. The summed E-state index contributed by atoms with van der Waals surface area (Å²) in [6, 6.07) is 19.6. The molecule has 0 spiro atoms. The fourth-order valence-corrected chi connectivity index (χ4v) is 7.14. The third-order valence-corrected chi connectivity index (χ3v) is 9.64. The van der Waals surface area contributed by atoms with Crippen LogP contribution in [0.15, 0.2) is 54.7 Å². The minimum Gasteiger partial charge on any atom is -0.392 e. The van der Waals surface area contributed by atoms with Crippen LogP contribution in [0.5, 0.6) is 0 Å². The number of aromatic nitrogens is 1. The molecule has 0 amide bonds. The molecule has 0 bridgehead atoms. The van der Waals surface area contributed by atoms with Gasteiger partial charge in [0.2, 0.25) is 0 Å². The second-order valence-corrected chi connectivity index (χ2v) is 10.9. The van der Waals surface area contributed by atoms with E-state index in [2.05, 4.69) is 69.9 Å². The zero-order valence-corrected chi connectivity index (χ0v) is 24.8. The molecule has 1 heterocycles. The van der Waals surface area contributed by atoms with Crippen molar-refractivity contribution in [1.29, 1.82) is 0 Å². The Bertz CT molecular complexity index is 1100. The molecule has 3 nitrogen and oxygen atoms in total. The van der Waals surface area contributed by atoms with E-state index in [0.717, 1.165) is 49.8 Å². The Morgan fingerprint density at radius 2 is 1.36 bits per heavy atom. The molecule has 4 heteroatoms. The Kier molecular flexibility index (Phi) is 9.55. The van der Waals surface area contributed by atoms with E-state index in [4.69, 9.17) is 0 Å². The molecule has 3 aromatic rings. The van der Waals surface area contributed by atoms with Gasteiger partial charge >= 0.3 is 0 Å². The molecule has 2 aliphatic carbocycles. The zero-order chi connectivity index (χ0) is 25.2. The van der Waals surface area contributed by atoms with Crippen molar-refractivity contribution in [2.24, 2.45) is 22.7 Å². The van der Waals surface area contributed by atoms with E-state index < -0.39 is 0 Å². The van der Waals surface area contributed by atoms with Crippen LogP contribution in [0, 0.1) is 35.7 Å². The fraction of sp³-hybridized carbons (Fsp3) is 0.531. The predicted octanol–water partition coefficient (Wildman–Crippen LogP) is 7.37. The van der Waals surface area contributed by atoms with Crippen LogP contribution in [0.3, 0.4) is 0 Å². The molecule has 1 radical (unpaired) electrons. The second kappa shape index (κ2) is 11.9. The van der Waals surface area contributed by atoms with Crippen LogP contribution in [0.1, 0.15) is 71.8 Å². The summed E-state index contributed by atoms with van der Waals surface area (Å²) in [5.41, 5.74) is 3.41. The second-order valence-electron chi connectivity index (χ2n) is 10.9. The number of aliphatic hydroxyl groups excluding tert-OH is 2. The average Bonchev–Trinajstić information content (AvgIpc) is 3.35. The van der Waals surface area contributed by atoms with Gasteiger partial charge in [0.1, 0.15) is 0 Å². The smallest absolute Gasteiger partial charge is 0.0651 e. The molecule has 2 aromatic carbocycles. The standard InChI is InChI=1S/C16H12N.C16H30O2.Ir/c1-12-11-17-16(13-7-3-2-4-8-13)15-10-6-5-9-14(12)15;1-5-15(6-2)9-11-10-16(7-3,8-4)14(18)12(11)13(15)17;/h2-7,9-11H,1H3;11-14,17-18H,5-10H2,1-4H3;/q-1;;. The van der Waals surface area contributed by atoms with Crippen molar-refractivity contribution in [3.8, 4) is 11.3 Å². The molecule has 1 aromatic heterocycles. The maximum absolute atomic E-state index is 10.7. The summed E-state index contributed by atoms with van der Waals surface area (Å²) in [5, 5.41) is 23.9. The molecule has 2 N–H and O–H groups in total. The number of pyridine rings is 1. The predicted molar refractivity (Wildman–Crippen MR) is 145 cm³/mol. The molecule has 36 heavy (non-hydrogen) atoms. The first-order valence-electron chi connectivity index (χ1n) is 13.5. The molecule has 5 rings (SSSR count). The normalized spacial score (nSPS) is 25.5. The van der Waals surface area contributed by atoms with Gasteiger partial charge in [-0.15, -0.1) is 35.9 Å². The Balaban J connectivity index is 0.000000195. The van der Waals surface area contributed by atoms with Gasteiger partial charge in [0.05, 0.1) is 12.2 Å². The van der Waals surface area contributed by atoms with Gasteiger partial charge in [0, 0.05) is 32.2 Å². The number of benzene rings is 2. The van der Waals surface area contributed by atoms with E-state index in [-0.39, 0.29) is 49.1 Å². The minimum absolute atomic E-state index is 0. The van der Waals surface area contributed by atoms with Crippen LogP contribution in [-0.4, -0.2) is 27.4 Å². The number of hydrogen-bond donors (Lipinski definition) is 2. The van der Waals surface area contributed by atoms with Crippen molar-refractivity contribution in [1.82, 2.24) is 4.98 Å². The maximum atomic E-state index is 10.7. The quantitative estimate of drug-likeness (QED) is 0.280. The first kappa shape index (κ1) is 29.0. The van der Waals surface area contributed by atoms with Crippen molar-refractivity contribution >= 4 is 10.8 Å². The van der Waals surface area contributed by atoms with Gasteiger partial charge in [0.15, 0.2) is 0 Å². The summed E-state index contributed by atoms with van der Waals surface area (Å²) in [4.78, 5) is 4.55. The van der Waals surface area contributed by atoms with Gasteiger partial charge in [-0.05, 0) is 84.2 Å².